The maximum Gasteiger partial charge on any atom is 0.142 e. The van der Waals surface area contributed by atoms with Gasteiger partial charge in [-0.1, -0.05) is 37.4 Å². The third-order valence-electron chi connectivity index (χ3n) is 14.8. The Morgan fingerprint density at radius 3 is 1.18 bits per heavy atom. The summed E-state index contributed by atoms with van der Waals surface area (Å²) in [5.74, 6) is 8.60. The predicted molar refractivity (Wildman–Crippen MR) is 345 cm³/mol. The van der Waals surface area contributed by atoms with Gasteiger partial charge in [-0.3, -0.25) is 19.6 Å². The Morgan fingerprint density at radius 1 is 0.409 bits per heavy atom. The number of phenols is 2. The van der Waals surface area contributed by atoms with Gasteiger partial charge in [0.05, 0.1) is 54.9 Å². The molecular formula is C70H80N4O12S2. The van der Waals surface area contributed by atoms with Gasteiger partial charge in [-0.05, 0) is 183 Å². The van der Waals surface area contributed by atoms with E-state index in [9.17, 15) is 10.2 Å². The predicted octanol–water partition coefficient (Wildman–Crippen LogP) is 14.1. The molecule has 0 saturated carbocycles. The average Bonchev–Trinajstić information content (AvgIpc) is 3.76. The maximum absolute atomic E-state index is 10.6. The first-order chi connectivity index (χ1) is 43.0. The van der Waals surface area contributed by atoms with Crippen LogP contribution in [0, 0.1) is 0 Å². The van der Waals surface area contributed by atoms with Gasteiger partial charge >= 0.3 is 0 Å². The van der Waals surface area contributed by atoms with Crippen molar-refractivity contribution in [1.82, 2.24) is 19.6 Å². The number of nitrogens with zero attached hydrogens (tertiary/aromatic N) is 4. The molecule has 0 spiro atoms. The highest BCUT2D eigenvalue weighted by Gasteiger charge is 2.21. The van der Waals surface area contributed by atoms with Crippen molar-refractivity contribution in [2.45, 2.75) is 59.6 Å². The second-order valence-corrected chi connectivity index (χ2v) is 23.1. The average molecular weight is 1230 g/mol. The summed E-state index contributed by atoms with van der Waals surface area (Å²) in [6, 6.07) is 54.7. The lowest BCUT2D eigenvalue weighted by molar-refractivity contribution is 0.0269. The molecule has 8 aromatic carbocycles. The summed E-state index contributed by atoms with van der Waals surface area (Å²) in [5.41, 5.74) is 3.88. The number of likely N-dealkylation sites (N-methyl/N-ethyl adjacent to an activating group) is 2. The van der Waals surface area contributed by atoms with Gasteiger partial charge in [0.2, 0.25) is 0 Å². The fraction of sp³-hybridized carbons (Fsp3) is 0.314. The van der Waals surface area contributed by atoms with Crippen LogP contribution in [0.4, 0.5) is 0 Å². The van der Waals surface area contributed by atoms with E-state index in [1.165, 1.54) is 0 Å². The number of aromatic hydroxyl groups is 2. The van der Waals surface area contributed by atoms with E-state index in [0.29, 0.717) is 58.7 Å². The molecule has 0 unspecified atom stereocenters. The minimum atomic E-state index is 0.243. The van der Waals surface area contributed by atoms with Crippen LogP contribution in [0.5, 0.6) is 69.0 Å². The molecule has 18 heteroatoms. The van der Waals surface area contributed by atoms with E-state index in [1.807, 2.05) is 115 Å². The molecule has 10 rings (SSSR count). The molecule has 0 radical (unpaired) electrons. The lowest BCUT2D eigenvalue weighted by Gasteiger charge is -2.30. The van der Waals surface area contributed by atoms with Gasteiger partial charge in [0.25, 0.3) is 0 Å². The minimum absolute atomic E-state index is 0.243. The summed E-state index contributed by atoms with van der Waals surface area (Å²) < 4.78 is 57.2. The van der Waals surface area contributed by atoms with Crippen molar-refractivity contribution in [2.24, 2.45) is 0 Å². The molecule has 464 valence electrons. The van der Waals surface area contributed by atoms with E-state index in [2.05, 4.69) is 63.8 Å². The van der Waals surface area contributed by atoms with Crippen molar-refractivity contribution in [1.29, 1.82) is 0 Å². The Balaban J connectivity index is 0.000000210. The molecule has 0 bridgehead atoms. The topological polar surface area (TPSA) is 146 Å². The van der Waals surface area contributed by atoms with Gasteiger partial charge in [0.1, 0.15) is 82.5 Å². The Labute approximate surface area is 526 Å². The zero-order valence-electron chi connectivity index (χ0n) is 51.1. The first-order valence-corrected chi connectivity index (χ1v) is 31.2. The molecule has 0 aromatic heterocycles. The largest absolute Gasteiger partial charge is 0.508 e. The Morgan fingerprint density at radius 2 is 0.750 bits per heavy atom. The second kappa shape index (κ2) is 33.5. The van der Waals surface area contributed by atoms with Crippen LogP contribution in [-0.4, -0.2) is 137 Å². The van der Waals surface area contributed by atoms with Crippen LogP contribution in [0.2, 0.25) is 0 Å². The van der Waals surface area contributed by atoms with Crippen molar-refractivity contribution in [2.75, 3.05) is 108 Å². The fourth-order valence-corrected chi connectivity index (χ4v) is 11.4. The van der Waals surface area contributed by atoms with Gasteiger partial charge in [-0.25, -0.2) is 0 Å². The summed E-state index contributed by atoms with van der Waals surface area (Å²) in [6.07, 6.45) is 0. The molecule has 2 heterocycles. The van der Waals surface area contributed by atoms with Gasteiger partial charge in [-0.15, -0.1) is 0 Å². The molecular weight excluding hydrogens is 1150 g/mol. The highest BCUT2D eigenvalue weighted by molar-refractivity contribution is 7.99. The summed E-state index contributed by atoms with van der Waals surface area (Å²) in [7, 11) is 6.64. The van der Waals surface area contributed by atoms with Gasteiger partial charge in [-0.2, -0.15) is 0 Å². The number of hydrogen-bond acceptors (Lipinski definition) is 18. The Bertz CT molecular complexity index is 3420. The first kappa shape index (κ1) is 64.7. The molecule has 0 saturated heterocycles. The molecule has 8 aromatic rings. The van der Waals surface area contributed by atoms with Crippen LogP contribution in [0.25, 0.3) is 0 Å². The monoisotopic (exact) mass is 1230 g/mol. The van der Waals surface area contributed by atoms with Gasteiger partial charge < -0.3 is 57.6 Å². The quantitative estimate of drug-likeness (QED) is 0.0411. The maximum atomic E-state index is 10.6. The number of rotatable bonds is 30. The minimum Gasteiger partial charge on any atom is -0.508 e. The van der Waals surface area contributed by atoms with Crippen LogP contribution >= 0.6 is 23.5 Å². The lowest BCUT2D eigenvalue weighted by atomic mass is 10.1. The number of methoxy groups -OCH3 is 4. The van der Waals surface area contributed by atoms with Crippen LogP contribution in [0.1, 0.15) is 36.1 Å². The van der Waals surface area contributed by atoms with Crippen molar-refractivity contribution >= 4 is 23.5 Å². The van der Waals surface area contributed by atoms with Crippen molar-refractivity contribution in [3.63, 3.8) is 0 Å². The standard InChI is InChI=1S/C36H44N2O6S.C34H36N2O6S/c1-5-37(25-27-23-31(42-4)11-17-35(27)39)19-21-43-22-20-38(6-2)26-28-24-32(12-18-36(28)40)44-30-9-15-34(16-10-30)45-33-13-7-29(41-3)8-14-33;1-37-27-3-9-31(10-4-27)43-32-11-5-28(6-12-32)42-30-8-14-34-26(20-30)22-36(24-41-34)16-18-39-17-15-35-21-25-19-29(38-2)7-13-33(25)40-23-35/h7-18,23-24,39-40H,5-6,19-22,25-26H2,1-4H3;3-14,19-20H,15-18,21-24H2,1-2H3. The molecule has 88 heavy (non-hydrogen) atoms. The fourth-order valence-electron chi connectivity index (χ4n) is 9.72. The number of hydrogen-bond donors (Lipinski definition) is 2. The second-order valence-electron chi connectivity index (χ2n) is 20.8. The summed E-state index contributed by atoms with van der Waals surface area (Å²) >= 11 is 3.37. The van der Waals surface area contributed by atoms with E-state index in [4.69, 9.17) is 47.4 Å². The number of ether oxygens (including phenoxy) is 10. The van der Waals surface area contributed by atoms with Crippen LogP contribution in [0.15, 0.2) is 189 Å². The molecule has 2 aliphatic heterocycles. The molecule has 0 fully saturated rings. The van der Waals surface area contributed by atoms with E-state index < -0.39 is 0 Å². The molecule has 0 aliphatic carbocycles. The van der Waals surface area contributed by atoms with Crippen molar-refractivity contribution in [3.8, 4) is 69.0 Å². The third kappa shape index (κ3) is 19.6. The molecule has 0 amide bonds. The van der Waals surface area contributed by atoms with Crippen molar-refractivity contribution < 1.29 is 57.6 Å². The molecule has 0 atom stereocenters. The van der Waals surface area contributed by atoms with E-state index in [0.717, 1.165) is 146 Å². The van der Waals surface area contributed by atoms with Crippen LogP contribution in [0.3, 0.4) is 0 Å². The van der Waals surface area contributed by atoms with E-state index in [1.54, 1.807) is 76.2 Å². The smallest absolute Gasteiger partial charge is 0.142 e. The zero-order valence-corrected chi connectivity index (χ0v) is 52.7. The SMILES string of the molecule is CCN(CCOCCN(CC)Cc1cc(Oc2ccc(Sc3ccc(OC)cc3)cc2)ccc1O)Cc1cc(OC)ccc1O.COc1ccc(Sc2ccc(Oc3ccc4c(c3)CN(CCOCCN3COc5ccc(OC)cc5C3)CO4)cc2)cc1. The molecule has 16 nitrogen and oxygen atoms in total. The van der Waals surface area contributed by atoms with Crippen LogP contribution < -0.4 is 37.9 Å². The Hall–Kier alpha value is -7.78. The number of fused-ring (bicyclic) bond motifs is 2. The van der Waals surface area contributed by atoms with Crippen molar-refractivity contribution in [3.05, 3.63) is 192 Å². The Kier molecular flexibility index (Phi) is 24.7. The lowest BCUT2D eigenvalue weighted by Crippen LogP contribution is -2.36. The summed E-state index contributed by atoms with van der Waals surface area (Å²) in [4.78, 5) is 13.5. The first-order valence-electron chi connectivity index (χ1n) is 29.5. The van der Waals surface area contributed by atoms with Gasteiger partial charge in [0.15, 0.2) is 0 Å². The normalized spacial score (nSPS) is 12.9. The molecule has 2 aliphatic rings. The van der Waals surface area contributed by atoms with Crippen LogP contribution in [-0.2, 0) is 35.7 Å². The number of phenolic OH excluding ortho intramolecular Hbond substituents is 2. The zero-order chi connectivity index (χ0) is 61.5. The summed E-state index contributed by atoms with van der Waals surface area (Å²) in [6.45, 7) is 15.3. The highest BCUT2D eigenvalue weighted by atomic mass is 32.2. The highest BCUT2D eigenvalue weighted by Crippen LogP contribution is 2.36. The van der Waals surface area contributed by atoms with Gasteiger partial charge in [0, 0.05) is 94.2 Å². The summed E-state index contributed by atoms with van der Waals surface area (Å²) in [5, 5.41) is 20.8. The molecule has 2 N–H and O–H groups in total. The number of benzene rings is 8. The van der Waals surface area contributed by atoms with E-state index in [-0.39, 0.29) is 11.5 Å². The van der Waals surface area contributed by atoms with E-state index >= 15 is 0 Å². The third-order valence-corrected chi connectivity index (χ3v) is 16.9.